The van der Waals surface area contributed by atoms with Crippen molar-refractivity contribution in [2.24, 2.45) is 0 Å². The van der Waals surface area contributed by atoms with Gasteiger partial charge in [-0.3, -0.25) is 4.79 Å². The fourth-order valence-electron chi connectivity index (χ4n) is 2.49. The van der Waals surface area contributed by atoms with E-state index in [9.17, 15) is 13.2 Å². The molecule has 1 N–H and O–H groups in total. The van der Waals surface area contributed by atoms with Crippen molar-refractivity contribution in [2.75, 3.05) is 19.6 Å². The van der Waals surface area contributed by atoms with Crippen LogP contribution < -0.4 is 4.72 Å². The smallest absolute Gasteiger partial charge is 0.311 e. The molecule has 1 amide bonds. The number of rotatable bonds is 5. The Hall–Kier alpha value is -1.78. The number of sulfonamides is 1. The highest BCUT2D eigenvalue weighted by Crippen LogP contribution is 2.28. The molecule has 0 aliphatic carbocycles. The van der Waals surface area contributed by atoms with Gasteiger partial charge in [0.1, 0.15) is 4.21 Å². The predicted octanol–water partition coefficient (Wildman–Crippen LogP) is 1.72. The van der Waals surface area contributed by atoms with Crippen molar-refractivity contribution in [3.8, 4) is 11.5 Å². The highest BCUT2D eigenvalue weighted by atomic mass is 32.2. The van der Waals surface area contributed by atoms with E-state index < -0.39 is 10.0 Å². The standard InChI is InChI=1S/C14H18N4O4S2/c1-2-15-24(20,21)11-8-10(9-23-11)12-16-17-13(22-12)14(19)18-6-4-3-5-7-18/h8-9,15H,2-7H2,1H3. The van der Waals surface area contributed by atoms with Crippen molar-refractivity contribution in [3.63, 3.8) is 0 Å². The molecule has 1 saturated heterocycles. The lowest BCUT2D eigenvalue weighted by Gasteiger charge is -2.24. The lowest BCUT2D eigenvalue weighted by molar-refractivity contribution is 0.0684. The quantitative estimate of drug-likeness (QED) is 0.859. The summed E-state index contributed by atoms with van der Waals surface area (Å²) in [5.74, 6) is -0.192. The molecule has 0 saturated carbocycles. The fraction of sp³-hybridized carbons (Fsp3) is 0.500. The number of amides is 1. The van der Waals surface area contributed by atoms with Gasteiger partial charge in [0, 0.05) is 25.0 Å². The van der Waals surface area contributed by atoms with Crippen LogP contribution in [-0.4, -0.2) is 49.1 Å². The van der Waals surface area contributed by atoms with Crippen LogP contribution in [0.3, 0.4) is 0 Å². The van der Waals surface area contributed by atoms with Crippen molar-refractivity contribution >= 4 is 27.3 Å². The number of hydrogen-bond donors (Lipinski definition) is 1. The first-order valence-electron chi connectivity index (χ1n) is 7.72. The van der Waals surface area contributed by atoms with Crippen molar-refractivity contribution in [1.29, 1.82) is 0 Å². The van der Waals surface area contributed by atoms with Crippen molar-refractivity contribution < 1.29 is 17.6 Å². The molecule has 1 aliphatic rings. The first-order chi connectivity index (χ1) is 11.5. The summed E-state index contributed by atoms with van der Waals surface area (Å²) in [4.78, 5) is 14.0. The molecule has 2 aromatic rings. The Morgan fingerprint density at radius 3 is 2.79 bits per heavy atom. The summed E-state index contributed by atoms with van der Waals surface area (Å²) in [6, 6.07) is 1.46. The van der Waals surface area contributed by atoms with Gasteiger partial charge in [-0.05, 0) is 25.3 Å². The van der Waals surface area contributed by atoms with Crippen LogP contribution >= 0.6 is 11.3 Å². The third kappa shape index (κ3) is 3.50. The minimum atomic E-state index is -3.52. The molecule has 8 nitrogen and oxygen atoms in total. The molecule has 3 heterocycles. The van der Waals surface area contributed by atoms with E-state index in [1.807, 2.05) is 0 Å². The van der Waals surface area contributed by atoms with Crippen LogP contribution in [0.1, 0.15) is 36.9 Å². The summed E-state index contributed by atoms with van der Waals surface area (Å²) >= 11 is 1.06. The van der Waals surface area contributed by atoms with E-state index >= 15 is 0 Å². The van der Waals surface area contributed by atoms with Crippen LogP contribution in [0.4, 0.5) is 0 Å². The van der Waals surface area contributed by atoms with E-state index in [0.29, 0.717) is 25.2 Å². The number of likely N-dealkylation sites (tertiary alicyclic amines) is 1. The maximum atomic E-state index is 12.3. The van der Waals surface area contributed by atoms with Crippen molar-refractivity contribution in [3.05, 3.63) is 17.3 Å². The summed E-state index contributed by atoms with van der Waals surface area (Å²) in [5, 5.41) is 9.30. The molecule has 24 heavy (non-hydrogen) atoms. The monoisotopic (exact) mass is 370 g/mol. The predicted molar refractivity (Wildman–Crippen MR) is 88.2 cm³/mol. The first kappa shape index (κ1) is 17.1. The number of thiophene rings is 1. The molecule has 0 unspecified atom stereocenters. The van der Waals surface area contributed by atoms with E-state index in [2.05, 4.69) is 14.9 Å². The molecular weight excluding hydrogens is 352 g/mol. The average molecular weight is 370 g/mol. The Labute approximate surface area is 143 Å². The Kier molecular flexibility index (Phi) is 4.97. The molecule has 0 atom stereocenters. The number of piperidine rings is 1. The third-order valence-electron chi connectivity index (χ3n) is 3.67. The first-order valence-corrected chi connectivity index (χ1v) is 10.1. The second-order valence-corrected chi connectivity index (χ2v) is 8.33. The van der Waals surface area contributed by atoms with Crippen LogP contribution in [0.25, 0.3) is 11.5 Å². The maximum Gasteiger partial charge on any atom is 0.311 e. The Morgan fingerprint density at radius 1 is 1.33 bits per heavy atom. The van der Waals surface area contributed by atoms with Crippen LogP contribution in [0.15, 0.2) is 20.1 Å². The van der Waals surface area contributed by atoms with Gasteiger partial charge in [-0.1, -0.05) is 6.92 Å². The van der Waals surface area contributed by atoms with Crippen LogP contribution in [0, 0.1) is 0 Å². The van der Waals surface area contributed by atoms with Crippen molar-refractivity contribution in [1.82, 2.24) is 19.8 Å². The number of nitrogens with zero attached hydrogens (tertiary/aromatic N) is 3. The summed E-state index contributed by atoms with van der Waals surface area (Å²) < 4.78 is 32.0. The van der Waals surface area contributed by atoms with E-state index in [4.69, 9.17) is 4.42 Å². The van der Waals surface area contributed by atoms with Gasteiger partial charge >= 0.3 is 11.8 Å². The Bertz CT molecular complexity index is 821. The van der Waals surface area contributed by atoms with E-state index in [1.165, 1.54) is 6.07 Å². The molecule has 0 spiro atoms. The van der Waals surface area contributed by atoms with Gasteiger partial charge in [-0.2, -0.15) is 0 Å². The molecule has 0 bridgehead atoms. The summed E-state index contributed by atoms with van der Waals surface area (Å²) in [5.41, 5.74) is 0.488. The molecule has 1 aliphatic heterocycles. The zero-order valence-electron chi connectivity index (χ0n) is 13.2. The summed E-state index contributed by atoms with van der Waals surface area (Å²) in [6.45, 7) is 3.41. The van der Waals surface area contributed by atoms with E-state index in [-0.39, 0.29) is 21.9 Å². The number of carbonyl (C=O) groups excluding carboxylic acids is 1. The van der Waals surface area contributed by atoms with Crippen LogP contribution in [0.5, 0.6) is 0 Å². The number of hydrogen-bond acceptors (Lipinski definition) is 7. The largest absolute Gasteiger partial charge is 0.412 e. The van der Waals surface area contributed by atoms with Gasteiger partial charge in [0.2, 0.25) is 15.9 Å². The van der Waals surface area contributed by atoms with Gasteiger partial charge in [-0.15, -0.1) is 21.5 Å². The van der Waals surface area contributed by atoms with Gasteiger partial charge in [0.15, 0.2) is 0 Å². The second kappa shape index (κ2) is 6.99. The van der Waals surface area contributed by atoms with E-state index in [1.54, 1.807) is 17.2 Å². The second-order valence-electron chi connectivity index (χ2n) is 5.42. The summed E-state index contributed by atoms with van der Waals surface area (Å²) in [6.07, 6.45) is 3.07. The normalized spacial score (nSPS) is 15.6. The number of nitrogens with one attached hydrogen (secondary N) is 1. The summed E-state index contributed by atoms with van der Waals surface area (Å²) in [7, 11) is -3.52. The van der Waals surface area contributed by atoms with Crippen LogP contribution in [-0.2, 0) is 10.0 Å². The maximum absolute atomic E-state index is 12.3. The number of carbonyl (C=O) groups is 1. The van der Waals surface area contributed by atoms with Gasteiger partial charge < -0.3 is 9.32 Å². The van der Waals surface area contributed by atoms with Gasteiger partial charge in [-0.25, -0.2) is 13.1 Å². The Balaban J connectivity index is 1.78. The van der Waals surface area contributed by atoms with E-state index in [0.717, 1.165) is 30.6 Å². The van der Waals surface area contributed by atoms with Crippen LogP contribution in [0.2, 0.25) is 0 Å². The lowest BCUT2D eigenvalue weighted by Crippen LogP contribution is -2.35. The SMILES string of the molecule is CCNS(=O)(=O)c1cc(-c2nnc(C(=O)N3CCCCC3)o2)cs1. The van der Waals surface area contributed by atoms with Gasteiger partial charge in [0.25, 0.3) is 0 Å². The molecule has 130 valence electrons. The molecule has 1 fully saturated rings. The zero-order valence-corrected chi connectivity index (χ0v) is 14.8. The lowest BCUT2D eigenvalue weighted by atomic mass is 10.1. The zero-order chi connectivity index (χ0) is 17.2. The molecule has 2 aromatic heterocycles. The van der Waals surface area contributed by atoms with Crippen molar-refractivity contribution in [2.45, 2.75) is 30.4 Å². The Morgan fingerprint density at radius 2 is 2.08 bits per heavy atom. The van der Waals surface area contributed by atoms with Gasteiger partial charge in [0.05, 0.1) is 5.56 Å². The molecule has 10 heteroatoms. The highest BCUT2D eigenvalue weighted by Gasteiger charge is 2.24. The minimum absolute atomic E-state index is 0.0609. The topological polar surface area (TPSA) is 105 Å². The molecule has 0 radical (unpaired) electrons. The number of aromatic nitrogens is 2. The molecule has 0 aromatic carbocycles. The molecule has 3 rings (SSSR count). The third-order valence-corrected chi connectivity index (χ3v) is 6.66. The average Bonchev–Trinajstić information content (AvgIpc) is 3.24. The highest BCUT2D eigenvalue weighted by molar-refractivity contribution is 7.91. The fourth-order valence-corrected chi connectivity index (χ4v) is 4.73. The molecular formula is C14H18N4O4S2. The minimum Gasteiger partial charge on any atom is -0.412 e.